The summed E-state index contributed by atoms with van der Waals surface area (Å²) in [6.07, 6.45) is 2.31. The molecule has 2 rings (SSSR count). The van der Waals surface area contributed by atoms with E-state index in [2.05, 4.69) is 27.7 Å². The molecule has 4 atom stereocenters. The molecule has 14 heavy (non-hydrogen) atoms. The Morgan fingerprint density at radius 3 is 2.21 bits per heavy atom. The highest BCUT2D eigenvalue weighted by Crippen LogP contribution is 2.70. The number of carbonyl (C=O) groups is 1. The van der Waals surface area contributed by atoms with Crippen LogP contribution in [0.5, 0.6) is 0 Å². The molecule has 0 aliphatic heterocycles. The van der Waals surface area contributed by atoms with Gasteiger partial charge in [-0.25, -0.2) is 0 Å². The zero-order valence-corrected chi connectivity index (χ0v) is 9.50. The first-order chi connectivity index (χ1) is 6.32. The molecule has 2 fully saturated rings. The standard InChI is InChI=1S/C12H20O2/c1-7-8-5-6-12(4,11(8,2)3)9(7)10(13)14/h7-9H,5-6H2,1-4H3,(H,13,14). The molecule has 2 aliphatic carbocycles. The molecule has 0 aromatic rings. The van der Waals surface area contributed by atoms with Crippen molar-refractivity contribution in [3.63, 3.8) is 0 Å². The molecule has 0 saturated heterocycles. The molecule has 2 heteroatoms. The first-order valence-corrected chi connectivity index (χ1v) is 5.55. The van der Waals surface area contributed by atoms with Crippen LogP contribution in [-0.2, 0) is 4.79 Å². The van der Waals surface area contributed by atoms with Crippen LogP contribution in [0.4, 0.5) is 0 Å². The van der Waals surface area contributed by atoms with Crippen LogP contribution in [0.25, 0.3) is 0 Å². The SMILES string of the molecule is CC1C2CCC(C)(C1C(=O)O)C2(C)C. The second-order valence-electron chi connectivity index (χ2n) is 5.96. The van der Waals surface area contributed by atoms with Crippen molar-refractivity contribution in [1.82, 2.24) is 0 Å². The van der Waals surface area contributed by atoms with Crippen LogP contribution in [0.3, 0.4) is 0 Å². The van der Waals surface area contributed by atoms with Gasteiger partial charge in [-0.05, 0) is 35.5 Å². The van der Waals surface area contributed by atoms with Crippen molar-refractivity contribution in [1.29, 1.82) is 0 Å². The van der Waals surface area contributed by atoms with E-state index in [1.54, 1.807) is 0 Å². The first kappa shape index (κ1) is 10.0. The third-order valence-corrected chi connectivity index (χ3v) is 5.49. The largest absolute Gasteiger partial charge is 0.481 e. The Morgan fingerprint density at radius 1 is 1.36 bits per heavy atom. The van der Waals surface area contributed by atoms with Crippen molar-refractivity contribution in [2.45, 2.75) is 40.5 Å². The number of aliphatic carboxylic acids is 1. The fourth-order valence-electron chi connectivity index (χ4n) is 4.35. The summed E-state index contributed by atoms with van der Waals surface area (Å²) in [5.74, 6) is 0.237. The molecule has 0 spiro atoms. The summed E-state index contributed by atoms with van der Waals surface area (Å²) in [5.41, 5.74) is 0.221. The van der Waals surface area contributed by atoms with Gasteiger partial charge in [0.2, 0.25) is 0 Å². The van der Waals surface area contributed by atoms with Crippen LogP contribution in [0.15, 0.2) is 0 Å². The van der Waals surface area contributed by atoms with Gasteiger partial charge in [0.15, 0.2) is 0 Å². The lowest BCUT2D eigenvalue weighted by molar-refractivity contribution is -0.148. The van der Waals surface area contributed by atoms with Crippen LogP contribution >= 0.6 is 0 Å². The highest BCUT2D eigenvalue weighted by molar-refractivity contribution is 5.72. The first-order valence-electron chi connectivity index (χ1n) is 5.55. The van der Waals surface area contributed by atoms with Gasteiger partial charge in [0, 0.05) is 0 Å². The number of rotatable bonds is 1. The molecule has 0 aromatic carbocycles. The van der Waals surface area contributed by atoms with Crippen molar-refractivity contribution in [2.24, 2.45) is 28.6 Å². The summed E-state index contributed by atoms with van der Waals surface area (Å²) in [6, 6.07) is 0. The minimum absolute atomic E-state index is 0.0168. The highest BCUT2D eigenvalue weighted by Gasteiger charge is 2.66. The molecule has 0 heterocycles. The molecule has 0 aromatic heterocycles. The number of fused-ring (bicyclic) bond motifs is 2. The van der Waals surface area contributed by atoms with Crippen molar-refractivity contribution < 1.29 is 9.90 Å². The average Bonchev–Trinajstić information content (AvgIpc) is 2.30. The van der Waals surface area contributed by atoms with Gasteiger partial charge in [0.1, 0.15) is 0 Å². The predicted octanol–water partition coefficient (Wildman–Crippen LogP) is 2.78. The van der Waals surface area contributed by atoms with E-state index in [4.69, 9.17) is 0 Å². The molecule has 2 bridgehead atoms. The van der Waals surface area contributed by atoms with Gasteiger partial charge in [0.05, 0.1) is 5.92 Å². The van der Waals surface area contributed by atoms with E-state index < -0.39 is 5.97 Å². The van der Waals surface area contributed by atoms with Gasteiger partial charge >= 0.3 is 5.97 Å². The molecule has 4 unspecified atom stereocenters. The van der Waals surface area contributed by atoms with Crippen LogP contribution < -0.4 is 0 Å². The topological polar surface area (TPSA) is 37.3 Å². The number of hydrogen-bond acceptors (Lipinski definition) is 1. The fourth-order valence-corrected chi connectivity index (χ4v) is 4.35. The Balaban J connectivity index is 2.46. The minimum Gasteiger partial charge on any atom is -0.481 e. The molecule has 0 radical (unpaired) electrons. The maximum absolute atomic E-state index is 11.3. The third-order valence-electron chi connectivity index (χ3n) is 5.49. The maximum atomic E-state index is 11.3. The van der Waals surface area contributed by atoms with E-state index in [1.807, 2.05) is 0 Å². The minimum atomic E-state index is -0.588. The van der Waals surface area contributed by atoms with Crippen molar-refractivity contribution in [2.75, 3.05) is 0 Å². The van der Waals surface area contributed by atoms with Crippen molar-refractivity contribution >= 4 is 5.97 Å². The summed E-state index contributed by atoms with van der Waals surface area (Å²) >= 11 is 0. The fraction of sp³-hybridized carbons (Fsp3) is 0.917. The van der Waals surface area contributed by atoms with E-state index in [0.717, 1.165) is 6.42 Å². The number of hydrogen-bond donors (Lipinski definition) is 1. The van der Waals surface area contributed by atoms with Gasteiger partial charge in [0.25, 0.3) is 0 Å². The lowest BCUT2D eigenvalue weighted by Crippen LogP contribution is -2.37. The van der Waals surface area contributed by atoms with Gasteiger partial charge in [-0.2, -0.15) is 0 Å². The molecule has 1 N–H and O–H groups in total. The van der Waals surface area contributed by atoms with E-state index in [0.29, 0.717) is 11.8 Å². The molecule has 2 aliphatic rings. The molecule has 2 nitrogen and oxygen atoms in total. The number of carboxylic acids is 1. The zero-order chi connectivity index (χ0) is 10.7. The van der Waals surface area contributed by atoms with E-state index in [-0.39, 0.29) is 16.7 Å². The third kappa shape index (κ3) is 0.850. The molecule has 80 valence electrons. The van der Waals surface area contributed by atoms with Crippen LogP contribution in [0.1, 0.15) is 40.5 Å². The van der Waals surface area contributed by atoms with Crippen LogP contribution in [0.2, 0.25) is 0 Å². The monoisotopic (exact) mass is 196 g/mol. The molecular weight excluding hydrogens is 176 g/mol. The van der Waals surface area contributed by atoms with Gasteiger partial charge < -0.3 is 5.11 Å². The summed E-state index contributed by atoms with van der Waals surface area (Å²) in [6.45, 7) is 8.80. The molecule has 0 amide bonds. The van der Waals surface area contributed by atoms with E-state index in [9.17, 15) is 9.90 Å². The Bertz CT molecular complexity index is 282. The maximum Gasteiger partial charge on any atom is 0.307 e. The highest BCUT2D eigenvalue weighted by atomic mass is 16.4. The molecule has 2 saturated carbocycles. The summed E-state index contributed by atoms with van der Waals surface area (Å²) in [5, 5.41) is 9.30. The number of carboxylic acid groups (broad SMARTS) is 1. The second kappa shape index (κ2) is 2.53. The van der Waals surface area contributed by atoms with Crippen LogP contribution in [0, 0.1) is 28.6 Å². The molecular formula is C12H20O2. The Kier molecular flexibility index (Phi) is 1.81. The predicted molar refractivity (Wildman–Crippen MR) is 54.9 cm³/mol. The lowest BCUT2D eigenvalue weighted by Gasteiger charge is -2.37. The van der Waals surface area contributed by atoms with E-state index >= 15 is 0 Å². The van der Waals surface area contributed by atoms with Gasteiger partial charge in [-0.1, -0.05) is 27.7 Å². The van der Waals surface area contributed by atoms with Crippen molar-refractivity contribution in [3.8, 4) is 0 Å². The smallest absolute Gasteiger partial charge is 0.307 e. The quantitative estimate of drug-likeness (QED) is 0.700. The van der Waals surface area contributed by atoms with E-state index in [1.165, 1.54) is 6.42 Å². The van der Waals surface area contributed by atoms with Gasteiger partial charge in [-0.3, -0.25) is 4.79 Å². The Labute approximate surface area is 85.7 Å². The Morgan fingerprint density at radius 2 is 1.93 bits per heavy atom. The Hall–Kier alpha value is -0.530. The second-order valence-corrected chi connectivity index (χ2v) is 5.96. The summed E-state index contributed by atoms with van der Waals surface area (Å²) in [4.78, 5) is 11.3. The normalized spacial score (nSPS) is 49.6. The average molecular weight is 196 g/mol. The van der Waals surface area contributed by atoms with Crippen molar-refractivity contribution in [3.05, 3.63) is 0 Å². The summed E-state index contributed by atoms with van der Waals surface area (Å²) < 4.78 is 0. The lowest BCUT2D eigenvalue weighted by atomic mass is 9.66. The van der Waals surface area contributed by atoms with Crippen LogP contribution in [-0.4, -0.2) is 11.1 Å². The van der Waals surface area contributed by atoms with Gasteiger partial charge in [-0.15, -0.1) is 0 Å². The zero-order valence-electron chi connectivity index (χ0n) is 9.50. The summed E-state index contributed by atoms with van der Waals surface area (Å²) in [7, 11) is 0.